The lowest BCUT2D eigenvalue weighted by atomic mass is 10.3. The van der Waals surface area contributed by atoms with Crippen molar-refractivity contribution in [2.24, 2.45) is 0 Å². The van der Waals surface area contributed by atoms with Crippen LogP contribution in [-0.2, 0) is 9.53 Å². The van der Waals surface area contributed by atoms with Gasteiger partial charge in [-0.2, -0.15) is 0 Å². The lowest BCUT2D eigenvalue weighted by Crippen LogP contribution is -2.09. The van der Waals surface area contributed by atoms with Gasteiger partial charge in [-0.25, -0.2) is 0 Å². The monoisotopic (exact) mass is 299 g/mol. The van der Waals surface area contributed by atoms with Gasteiger partial charge in [0.2, 0.25) is 0 Å². The van der Waals surface area contributed by atoms with Gasteiger partial charge in [0.25, 0.3) is 5.91 Å². The molecule has 0 heterocycles. The van der Waals surface area contributed by atoms with Crippen LogP contribution in [0.5, 0.6) is 5.75 Å². The molecule has 0 spiro atoms. The normalized spacial score (nSPS) is 10.3. The minimum absolute atomic E-state index is 0.269. The van der Waals surface area contributed by atoms with Gasteiger partial charge in [-0.05, 0) is 35.0 Å². The van der Waals surface area contributed by atoms with Gasteiger partial charge in [-0.1, -0.05) is 6.07 Å². The molecule has 0 bridgehead atoms. The van der Waals surface area contributed by atoms with Crippen LogP contribution in [-0.4, -0.2) is 19.6 Å². The Morgan fingerprint density at radius 1 is 1.53 bits per heavy atom. The van der Waals surface area contributed by atoms with E-state index in [1.54, 1.807) is 13.2 Å². The van der Waals surface area contributed by atoms with Crippen LogP contribution in [0.25, 0.3) is 0 Å². The van der Waals surface area contributed by atoms with Crippen molar-refractivity contribution < 1.29 is 14.3 Å². The summed E-state index contributed by atoms with van der Waals surface area (Å²) in [6.07, 6.45) is 2.68. The Morgan fingerprint density at radius 2 is 2.29 bits per heavy atom. The van der Waals surface area contributed by atoms with E-state index in [1.165, 1.54) is 12.3 Å². The first kappa shape index (κ1) is 13.6. The molecule has 4 nitrogen and oxygen atoms in total. The quantitative estimate of drug-likeness (QED) is 0.672. The van der Waals surface area contributed by atoms with Crippen LogP contribution in [0.1, 0.15) is 6.92 Å². The van der Waals surface area contributed by atoms with Gasteiger partial charge in [-0.3, -0.25) is 4.79 Å². The number of hydrogen-bond acceptors (Lipinski definition) is 3. The summed E-state index contributed by atoms with van der Waals surface area (Å²) >= 11 is 3.34. The first-order valence-electron chi connectivity index (χ1n) is 5.10. The average Bonchev–Trinajstić information content (AvgIpc) is 2.29. The van der Waals surface area contributed by atoms with Crippen molar-refractivity contribution in [2.75, 3.05) is 19.0 Å². The number of para-hydroxylation sites is 1. The standard InChI is InChI=1S/C12H14BrNO3/c1-3-17-8-7-11(15)14-10-6-4-5-9(13)12(10)16-2/h4-8H,3H2,1-2H3,(H,14,15)/b8-7+. The van der Waals surface area contributed by atoms with Gasteiger partial charge < -0.3 is 14.8 Å². The van der Waals surface area contributed by atoms with Crippen molar-refractivity contribution in [1.82, 2.24) is 0 Å². The summed E-state index contributed by atoms with van der Waals surface area (Å²) in [6.45, 7) is 2.38. The van der Waals surface area contributed by atoms with Crippen molar-refractivity contribution in [3.63, 3.8) is 0 Å². The molecule has 0 saturated heterocycles. The van der Waals surface area contributed by atoms with E-state index in [-0.39, 0.29) is 5.91 Å². The Morgan fingerprint density at radius 3 is 2.94 bits per heavy atom. The molecule has 0 aliphatic heterocycles. The minimum atomic E-state index is -0.269. The van der Waals surface area contributed by atoms with Crippen LogP contribution in [0.2, 0.25) is 0 Å². The SMILES string of the molecule is CCO/C=C/C(=O)Nc1cccc(Br)c1OC. The predicted molar refractivity (Wildman–Crippen MR) is 70.1 cm³/mol. The van der Waals surface area contributed by atoms with Gasteiger partial charge in [0.15, 0.2) is 5.75 Å². The third-order valence-corrected chi connectivity index (χ3v) is 2.54. The Kier molecular flexibility index (Phi) is 5.56. The summed E-state index contributed by atoms with van der Waals surface area (Å²) in [7, 11) is 1.55. The van der Waals surface area contributed by atoms with Crippen LogP contribution in [0.15, 0.2) is 35.0 Å². The molecule has 0 aliphatic carbocycles. The Bertz CT molecular complexity index is 418. The highest BCUT2D eigenvalue weighted by atomic mass is 79.9. The number of methoxy groups -OCH3 is 1. The van der Waals surface area contributed by atoms with E-state index in [4.69, 9.17) is 9.47 Å². The van der Waals surface area contributed by atoms with Crippen LogP contribution in [0.4, 0.5) is 5.69 Å². The molecule has 0 unspecified atom stereocenters. The fraction of sp³-hybridized carbons (Fsp3) is 0.250. The van der Waals surface area contributed by atoms with Gasteiger partial charge in [0, 0.05) is 6.08 Å². The van der Waals surface area contributed by atoms with Crippen molar-refractivity contribution in [2.45, 2.75) is 6.92 Å². The fourth-order valence-corrected chi connectivity index (χ4v) is 1.72. The number of nitrogens with one attached hydrogen (secondary N) is 1. The third kappa shape index (κ3) is 4.11. The van der Waals surface area contributed by atoms with E-state index < -0.39 is 0 Å². The van der Waals surface area contributed by atoms with E-state index in [9.17, 15) is 4.79 Å². The predicted octanol–water partition coefficient (Wildman–Crippen LogP) is 2.95. The number of hydrogen-bond donors (Lipinski definition) is 1. The van der Waals surface area contributed by atoms with Crippen LogP contribution in [0.3, 0.4) is 0 Å². The number of rotatable bonds is 5. The first-order chi connectivity index (χ1) is 8.19. The second-order valence-corrected chi connectivity index (χ2v) is 3.92. The number of anilines is 1. The van der Waals surface area contributed by atoms with Crippen LogP contribution < -0.4 is 10.1 Å². The van der Waals surface area contributed by atoms with E-state index in [1.807, 2.05) is 19.1 Å². The van der Waals surface area contributed by atoms with Crippen molar-refractivity contribution >= 4 is 27.5 Å². The van der Waals surface area contributed by atoms with E-state index in [2.05, 4.69) is 21.2 Å². The highest BCUT2D eigenvalue weighted by Crippen LogP contribution is 2.32. The number of halogens is 1. The van der Waals surface area contributed by atoms with Gasteiger partial charge in [0.05, 0.1) is 30.1 Å². The largest absolute Gasteiger partial charge is 0.501 e. The van der Waals surface area contributed by atoms with Crippen LogP contribution >= 0.6 is 15.9 Å². The maximum atomic E-state index is 11.5. The zero-order chi connectivity index (χ0) is 12.7. The second-order valence-electron chi connectivity index (χ2n) is 3.07. The molecule has 1 aromatic rings. The molecule has 1 amide bonds. The van der Waals surface area contributed by atoms with E-state index in [0.29, 0.717) is 18.0 Å². The molecule has 0 aliphatic rings. The average molecular weight is 300 g/mol. The molecule has 1 rings (SSSR count). The zero-order valence-corrected chi connectivity index (χ0v) is 11.3. The lowest BCUT2D eigenvalue weighted by molar-refractivity contribution is -0.112. The van der Waals surface area contributed by atoms with Crippen molar-refractivity contribution in [1.29, 1.82) is 0 Å². The molecule has 1 N–H and O–H groups in total. The van der Waals surface area contributed by atoms with Gasteiger partial charge >= 0.3 is 0 Å². The minimum Gasteiger partial charge on any atom is -0.501 e. The zero-order valence-electron chi connectivity index (χ0n) is 9.70. The first-order valence-corrected chi connectivity index (χ1v) is 5.90. The molecule has 17 heavy (non-hydrogen) atoms. The molecule has 92 valence electrons. The van der Waals surface area contributed by atoms with Crippen LogP contribution in [0, 0.1) is 0 Å². The van der Waals surface area contributed by atoms with Crippen molar-refractivity contribution in [3.8, 4) is 5.75 Å². The number of carbonyl (C=O) groups excluding carboxylic acids is 1. The van der Waals surface area contributed by atoms with Crippen molar-refractivity contribution in [3.05, 3.63) is 35.0 Å². The molecule has 0 fully saturated rings. The number of benzene rings is 1. The molecule has 1 aromatic carbocycles. The smallest absolute Gasteiger partial charge is 0.251 e. The second kappa shape index (κ2) is 6.96. The summed E-state index contributed by atoms with van der Waals surface area (Å²) in [5.41, 5.74) is 0.605. The number of ether oxygens (including phenoxy) is 2. The molecular weight excluding hydrogens is 286 g/mol. The van der Waals surface area contributed by atoms with Gasteiger partial charge in [-0.15, -0.1) is 0 Å². The number of amides is 1. The Labute approximate surface area is 109 Å². The maximum Gasteiger partial charge on any atom is 0.251 e. The Balaban J connectivity index is 2.74. The fourth-order valence-electron chi connectivity index (χ4n) is 1.20. The highest BCUT2D eigenvalue weighted by molar-refractivity contribution is 9.10. The van der Waals surface area contributed by atoms with E-state index in [0.717, 1.165) is 4.47 Å². The summed E-state index contributed by atoms with van der Waals surface area (Å²) in [6, 6.07) is 5.41. The summed E-state index contributed by atoms with van der Waals surface area (Å²) < 4.78 is 10.9. The summed E-state index contributed by atoms with van der Waals surface area (Å²) in [5.74, 6) is 0.320. The van der Waals surface area contributed by atoms with Gasteiger partial charge in [0.1, 0.15) is 0 Å². The topological polar surface area (TPSA) is 47.6 Å². The molecule has 0 radical (unpaired) electrons. The molecule has 5 heteroatoms. The molecule has 0 saturated carbocycles. The Hall–Kier alpha value is -1.49. The third-order valence-electron chi connectivity index (χ3n) is 1.91. The molecule has 0 atom stereocenters. The highest BCUT2D eigenvalue weighted by Gasteiger charge is 2.08. The molecule has 0 aromatic heterocycles. The lowest BCUT2D eigenvalue weighted by Gasteiger charge is -2.10. The number of carbonyl (C=O) groups is 1. The summed E-state index contributed by atoms with van der Waals surface area (Å²) in [4.78, 5) is 11.5. The summed E-state index contributed by atoms with van der Waals surface area (Å²) in [5, 5.41) is 2.70. The van der Waals surface area contributed by atoms with E-state index >= 15 is 0 Å². The molecular formula is C12H14BrNO3. The maximum absolute atomic E-state index is 11.5.